The number of fused-ring (bicyclic) bond motifs is 3. The first-order valence-corrected chi connectivity index (χ1v) is 11.5. The molecule has 2 aliphatic heterocycles. The number of hydrogen-bond donors (Lipinski definition) is 0. The van der Waals surface area contributed by atoms with E-state index in [9.17, 15) is 4.79 Å². The Bertz CT molecular complexity index is 1250. The van der Waals surface area contributed by atoms with Gasteiger partial charge in [0.25, 0.3) is 0 Å². The maximum atomic E-state index is 13.1. The largest absolute Gasteiger partial charge is 0.496 e. The van der Waals surface area contributed by atoms with Gasteiger partial charge >= 0.3 is 0 Å². The van der Waals surface area contributed by atoms with E-state index in [0.717, 1.165) is 46.9 Å². The molecule has 0 radical (unpaired) electrons. The van der Waals surface area contributed by atoms with Crippen LogP contribution in [0.1, 0.15) is 34.0 Å². The van der Waals surface area contributed by atoms with Gasteiger partial charge in [0.1, 0.15) is 29.7 Å². The summed E-state index contributed by atoms with van der Waals surface area (Å²) in [6, 6.07) is 19.3. The van der Waals surface area contributed by atoms with Crippen LogP contribution in [0.3, 0.4) is 0 Å². The lowest BCUT2D eigenvalue weighted by Gasteiger charge is -2.29. The van der Waals surface area contributed by atoms with E-state index in [2.05, 4.69) is 11.0 Å². The van der Waals surface area contributed by atoms with Crippen LogP contribution < -0.4 is 18.9 Å². The second-order valence-corrected chi connectivity index (χ2v) is 8.22. The van der Waals surface area contributed by atoms with Gasteiger partial charge in [0.05, 0.1) is 24.8 Å². The molecule has 0 saturated heterocycles. The monoisotopic (exact) mass is 457 g/mol. The highest BCUT2D eigenvalue weighted by atomic mass is 16.5. The molecule has 0 amide bonds. The summed E-state index contributed by atoms with van der Waals surface area (Å²) in [4.78, 5) is 15.3. The average molecular weight is 458 g/mol. The zero-order valence-electron chi connectivity index (χ0n) is 19.4. The Morgan fingerprint density at radius 1 is 1.03 bits per heavy atom. The van der Waals surface area contributed by atoms with Crippen molar-refractivity contribution < 1.29 is 23.7 Å². The minimum Gasteiger partial charge on any atom is -0.496 e. The Balaban J connectivity index is 1.37. The molecule has 0 spiro atoms. The van der Waals surface area contributed by atoms with E-state index in [1.807, 2.05) is 55.5 Å². The van der Waals surface area contributed by atoms with Crippen molar-refractivity contribution in [1.82, 2.24) is 4.90 Å². The van der Waals surface area contributed by atoms with Crippen LogP contribution in [0, 0.1) is 0 Å². The standard InChI is InChI=1S/C28H27NO5/c1-3-32-24-11-7-5-9-20(24)16-26-27(30)21-12-13-25-22(28(21)34-26)17-29(18-33-25)15-14-19-8-4-6-10-23(19)31-2/h4-13,16H,3,14-15,17-18H2,1-2H3/b26-16-. The number of ether oxygens (including phenoxy) is 4. The van der Waals surface area contributed by atoms with Crippen LogP contribution in [-0.4, -0.2) is 37.7 Å². The molecule has 0 aliphatic carbocycles. The summed E-state index contributed by atoms with van der Waals surface area (Å²) >= 11 is 0. The smallest absolute Gasteiger partial charge is 0.231 e. The number of Topliss-reactive ketones (excluding diaryl/α,β-unsaturated/α-hetero) is 1. The molecule has 3 aromatic rings. The van der Waals surface area contributed by atoms with Crippen LogP contribution >= 0.6 is 0 Å². The molecule has 6 heteroatoms. The van der Waals surface area contributed by atoms with Gasteiger partial charge in [0.15, 0.2) is 5.76 Å². The minimum absolute atomic E-state index is 0.129. The predicted molar refractivity (Wildman–Crippen MR) is 130 cm³/mol. The van der Waals surface area contributed by atoms with E-state index >= 15 is 0 Å². The molecule has 3 aromatic carbocycles. The lowest BCUT2D eigenvalue weighted by atomic mass is 10.0. The van der Waals surface area contributed by atoms with Gasteiger partial charge < -0.3 is 18.9 Å². The third kappa shape index (κ3) is 4.24. The van der Waals surface area contributed by atoms with Gasteiger partial charge in [-0.2, -0.15) is 0 Å². The second-order valence-electron chi connectivity index (χ2n) is 8.22. The summed E-state index contributed by atoms with van der Waals surface area (Å²) in [6.45, 7) is 4.40. The van der Waals surface area contributed by atoms with Gasteiger partial charge in [-0.15, -0.1) is 0 Å². The highest BCUT2D eigenvalue weighted by Gasteiger charge is 2.33. The van der Waals surface area contributed by atoms with E-state index in [0.29, 0.717) is 37.0 Å². The fraction of sp³-hybridized carbons (Fsp3) is 0.250. The number of nitrogens with zero attached hydrogens (tertiary/aromatic N) is 1. The molecule has 0 atom stereocenters. The van der Waals surface area contributed by atoms with E-state index < -0.39 is 0 Å². The summed E-state index contributed by atoms with van der Waals surface area (Å²) in [6.07, 6.45) is 2.58. The predicted octanol–water partition coefficient (Wildman–Crippen LogP) is 5.10. The van der Waals surface area contributed by atoms with E-state index in [-0.39, 0.29) is 5.78 Å². The molecule has 6 nitrogen and oxygen atoms in total. The lowest BCUT2D eigenvalue weighted by Crippen LogP contribution is -2.33. The average Bonchev–Trinajstić information content (AvgIpc) is 3.19. The van der Waals surface area contributed by atoms with Gasteiger partial charge in [0.2, 0.25) is 5.78 Å². The highest BCUT2D eigenvalue weighted by Crippen LogP contribution is 2.42. The van der Waals surface area contributed by atoms with Crippen molar-refractivity contribution >= 4 is 11.9 Å². The van der Waals surface area contributed by atoms with Gasteiger partial charge in [0, 0.05) is 18.7 Å². The second kappa shape index (κ2) is 9.61. The summed E-state index contributed by atoms with van der Waals surface area (Å²) in [5, 5.41) is 0. The molecular weight excluding hydrogens is 430 g/mol. The Hall–Kier alpha value is -3.77. The number of methoxy groups -OCH3 is 1. The number of carbonyl (C=O) groups excluding carboxylic acids is 1. The van der Waals surface area contributed by atoms with Crippen molar-refractivity contribution in [1.29, 1.82) is 0 Å². The molecule has 2 aliphatic rings. The summed E-state index contributed by atoms with van der Waals surface area (Å²) in [7, 11) is 1.69. The third-order valence-corrected chi connectivity index (χ3v) is 6.08. The fourth-order valence-corrected chi connectivity index (χ4v) is 4.36. The molecule has 0 bridgehead atoms. The van der Waals surface area contributed by atoms with Crippen LogP contribution in [0.15, 0.2) is 66.4 Å². The number of para-hydroxylation sites is 2. The number of hydrogen-bond acceptors (Lipinski definition) is 6. The lowest BCUT2D eigenvalue weighted by molar-refractivity contribution is 0.0948. The molecule has 2 heterocycles. The zero-order chi connectivity index (χ0) is 23.5. The molecule has 174 valence electrons. The minimum atomic E-state index is -0.129. The Morgan fingerprint density at radius 2 is 1.82 bits per heavy atom. The summed E-state index contributed by atoms with van der Waals surface area (Å²) in [5.41, 5.74) is 3.43. The number of benzene rings is 3. The fourth-order valence-electron chi connectivity index (χ4n) is 4.36. The van der Waals surface area contributed by atoms with Crippen molar-refractivity contribution in [2.45, 2.75) is 19.9 Å². The van der Waals surface area contributed by atoms with E-state index in [4.69, 9.17) is 18.9 Å². The van der Waals surface area contributed by atoms with Gasteiger partial charge in [-0.3, -0.25) is 9.69 Å². The number of carbonyl (C=O) groups is 1. The molecule has 0 N–H and O–H groups in total. The van der Waals surface area contributed by atoms with Crippen molar-refractivity contribution in [3.05, 3.63) is 88.7 Å². The molecule has 0 unspecified atom stereocenters. The highest BCUT2D eigenvalue weighted by molar-refractivity contribution is 6.15. The Kier molecular flexibility index (Phi) is 6.23. The maximum absolute atomic E-state index is 13.1. The first-order chi connectivity index (χ1) is 16.7. The van der Waals surface area contributed by atoms with Crippen molar-refractivity contribution in [3.63, 3.8) is 0 Å². The molecule has 5 rings (SSSR count). The third-order valence-electron chi connectivity index (χ3n) is 6.08. The maximum Gasteiger partial charge on any atom is 0.231 e. The Labute approximate surface area is 199 Å². The molecule has 0 fully saturated rings. The van der Waals surface area contributed by atoms with Gasteiger partial charge in [-0.25, -0.2) is 0 Å². The quantitative estimate of drug-likeness (QED) is 0.460. The van der Waals surface area contributed by atoms with Gasteiger partial charge in [-0.1, -0.05) is 36.4 Å². The summed E-state index contributed by atoms with van der Waals surface area (Å²) in [5.74, 6) is 3.12. The SMILES string of the molecule is CCOc1ccccc1/C=C1\Oc2c(ccc3c2CN(CCc2ccccc2OC)CO3)C1=O. The zero-order valence-corrected chi connectivity index (χ0v) is 19.4. The van der Waals surface area contributed by atoms with Gasteiger partial charge in [-0.05, 0) is 49.2 Å². The number of allylic oxidation sites excluding steroid dienone is 1. The van der Waals surface area contributed by atoms with E-state index in [1.54, 1.807) is 19.3 Å². The summed E-state index contributed by atoms with van der Waals surface area (Å²) < 4.78 is 23.3. The van der Waals surface area contributed by atoms with Crippen molar-refractivity contribution in [2.24, 2.45) is 0 Å². The van der Waals surface area contributed by atoms with Crippen LogP contribution in [0.4, 0.5) is 0 Å². The van der Waals surface area contributed by atoms with Crippen molar-refractivity contribution in [3.8, 4) is 23.0 Å². The topological polar surface area (TPSA) is 57.2 Å². The van der Waals surface area contributed by atoms with Crippen LogP contribution in [0.25, 0.3) is 6.08 Å². The van der Waals surface area contributed by atoms with Crippen molar-refractivity contribution in [2.75, 3.05) is 27.0 Å². The molecular formula is C28H27NO5. The van der Waals surface area contributed by atoms with E-state index in [1.165, 1.54) is 0 Å². The van der Waals surface area contributed by atoms with Crippen LogP contribution in [0.2, 0.25) is 0 Å². The molecule has 0 aromatic heterocycles. The Morgan fingerprint density at radius 3 is 2.65 bits per heavy atom. The van der Waals surface area contributed by atoms with Crippen LogP contribution in [0.5, 0.6) is 23.0 Å². The first kappa shape index (κ1) is 22.0. The van der Waals surface area contributed by atoms with Crippen LogP contribution in [-0.2, 0) is 13.0 Å². The molecule has 0 saturated carbocycles. The number of rotatable bonds is 7. The molecule has 34 heavy (non-hydrogen) atoms. The normalized spacial score (nSPS) is 15.9. The number of ketones is 1. The first-order valence-electron chi connectivity index (χ1n) is 11.5.